The molecule has 0 aliphatic heterocycles. The highest BCUT2D eigenvalue weighted by Crippen LogP contribution is 2.01. The predicted molar refractivity (Wildman–Crippen MR) is 109 cm³/mol. The van der Waals surface area contributed by atoms with Gasteiger partial charge in [-0.25, -0.2) is 0 Å². The fourth-order valence-electron chi connectivity index (χ4n) is 2.20. The Hall–Kier alpha value is -1.94. The molecule has 0 aliphatic rings. The van der Waals surface area contributed by atoms with Crippen molar-refractivity contribution < 1.29 is 14.7 Å². The average molecular weight is 362 g/mol. The molecule has 4 nitrogen and oxygen atoms in total. The molecule has 4 heteroatoms. The highest BCUT2D eigenvalue weighted by atomic mass is 16.3. The van der Waals surface area contributed by atoms with E-state index in [9.17, 15) is 9.59 Å². The first kappa shape index (κ1) is 24.1. The van der Waals surface area contributed by atoms with Gasteiger partial charge in [-0.3, -0.25) is 4.79 Å². The van der Waals surface area contributed by atoms with Gasteiger partial charge < -0.3 is 15.2 Å². The number of allylic oxidation sites excluding steroid dienone is 8. The molecule has 1 amide bonds. The first-order valence-electron chi connectivity index (χ1n) is 9.72. The van der Waals surface area contributed by atoms with Crippen LogP contribution >= 0.6 is 0 Å². The number of carbonyl (C=O) groups is 2. The third kappa shape index (κ3) is 20.1. The van der Waals surface area contributed by atoms with Crippen LogP contribution in [0.3, 0.4) is 0 Å². The number of carbonyl (C=O) groups excluding carboxylic acids is 2. The quantitative estimate of drug-likeness (QED) is 0.229. The lowest BCUT2D eigenvalue weighted by Gasteiger charge is -2.00. The Balaban J connectivity index is 3.45. The molecule has 0 aromatic rings. The molecule has 0 unspecified atom stereocenters. The molecule has 0 bridgehead atoms. The van der Waals surface area contributed by atoms with Crippen LogP contribution in [0.1, 0.15) is 64.2 Å². The van der Waals surface area contributed by atoms with Crippen LogP contribution < -0.4 is 5.32 Å². The summed E-state index contributed by atoms with van der Waals surface area (Å²) in [6, 6.07) is 0. The normalized spacial score (nSPS) is 12.0. The summed E-state index contributed by atoms with van der Waals surface area (Å²) >= 11 is 0. The Bertz CT molecular complexity index is 450. The van der Waals surface area contributed by atoms with Crippen molar-refractivity contribution in [3.63, 3.8) is 0 Å². The minimum atomic E-state index is -0.00666. The van der Waals surface area contributed by atoms with E-state index in [4.69, 9.17) is 5.11 Å². The van der Waals surface area contributed by atoms with Gasteiger partial charge in [0.25, 0.3) is 0 Å². The Morgan fingerprint density at radius 2 is 1.23 bits per heavy atom. The Labute approximate surface area is 158 Å². The van der Waals surface area contributed by atoms with E-state index in [0.717, 1.165) is 57.7 Å². The van der Waals surface area contributed by atoms with Crippen LogP contribution in [0.5, 0.6) is 0 Å². The van der Waals surface area contributed by atoms with Crippen molar-refractivity contribution >= 4 is 12.2 Å². The third-order valence-electron chi connectivity index (χ3n) is 3.63. The van der Waals surface area contributed by atoms with Gasteiger partial charge in [0.2, 0.25) is 5.91 Å². The molecule has 0 heterocycles. The lowest BCUT2D eigenvalue weighted by atomic mass is 10.2. The highest BCUT2D eigenvalue weighted by Gasteiger charge is 1.97. The van der Waals surface area contributed by atoms with Crippen molar-refractivity contribution in [1.29, 1.82) is 0 Å². The van der Waals surface area contributed by atoms with E-state index in [-0.39, 0.29) is 12.5 Å². The van der Waals surface area contributed by atoms with Crippen LogP contribution in [-0.2, 0) is 9.59 Å². The third-order valence-corrected chi connectivity index (χ3v) is 3.63. The molecule has 0 spiro atoms. The molecule has 0 rings (SSSR count). The van der Waals surface area contributed by atoms with Gasteiger partial charge in [-0.1, -0.05) is 48.6 Å². The molecule has 2 N–H and O–H groups in total. The molecule has 0 saturated carbocycles. The summed E-state index contributed by atoms with van der Waals surface area (Å²) in [6.07, 6.45) is 27.1. The fraction of sp³-hybridized carbons (Fsp3) is 0.545. The van der Waals surface area contributed by atoms with E-state index >= 15 is 0 Å². The first-order chi connectivity index (χ1) is 12.8. The monoisotopic (exact) mass is 361 g/mol. The number of aliphatic hydroxyl groups is 1. The fourth-order valence-corrected chi connectivity index (χ4v) is 2.20. The number of nitrogens with one attached hydrogen (secondary N) is 1. The van der Waals surface area contributed by atoms with Gasteiger partial charge in [-0.15, -0.1) is 0 Å². The van der Waals surface area contributed by atoms with E-state index in [1.165, 1.54) is 0 Å². The van der Waals surface area contributed by atoms with Gasteiger partial charge in [0.05, 0.1) is 6.61 Å². The number of aliphatic hydroxyl groups excluding tert-OH is 1. The molecule has 0 aromatic carbocycles. The van der Waals surface area contributed by atoms with Gasteiger partial charge in [0.1, 0.15) is 6.29 Å². The van der Waals surface area contributed by atoms with Crippen molar-refractivity contribution in [2.24, 2.45) is 0 Å². The summed E-state index contributed by atoms with van der Waals surface area (Å²) in [6.45, 7) is 0.333. The highest BCUT2D eigenvalue weighted by molar-refractivity contribution is 5.75. The number of hydrogen-bond donors (Lipinski definition) is 2. The Kier molecular flexibility index (Phi) is 19.5. The molecule has 0 aromatic heterocycles. The zero-order chi connectivity index (χ0) is 19.1. The number of hydrogen-bond acceptors (Lipinski definition) is 3. The molecule has 0 radical (unpaired) electrons. The van der Waals surface area contributed by atoms with E-state index in [2.05, 4.69) is 53.9 Å². The maximum atomic E-state index is 11.3. The molecule has 0 atom stereocenters. The minimum absolute atomic E-state index is 0.00637. The van der Waals surface area contributed by atoms with Crippen molar-refractivity contribution in [2.75, 3.05) is 13.2 Å². The topological polar surface area (TPSA) is 66.4 Å². The SMILES string of the molecule is O=CCCCCC=CCC=CCC=CCC=CCCCC(=O)NCCO. The molecule has 146 valence electrons. The van der Waals surface area contributed by atoms with Gasteiger partial charge >= 0.3 is 0 Å². The van der Waals surface area contributed by atoms with E-state index in [1.54, 1.807) is 0 Å². The summed E-state index contributed by atoms with van der Waals surface area (Å²) in [7, 11) is 0. The first-order valence-corrected chi connectivity index (χ1v) is 9.72. The van der Waals surface area contributed by atoms with Crippen LogP contribution in [0.2, 0.25) is 0 Å². The smallest absolute Gasteiger partial charge is 0.220 e. The zero-order valence-electron chi connectivity index (χ0n) is 15.9. The number of amides is 1. The molecular weight excluding hydrogens is 326 g/mol. The Morgan fingerprint density at radius 3 is 1.77 bits per heavy atom. The van der Waals surface area contributed by atoms with Gasteiger partial charge in [0.15, 0.2) is 0 Å². The maximum Gasteiger partial charge on any atom is 0.220 e. The lowest BCUT2D eigenvalue weighted by molar-refractivity contribution is -0.121. The number of rotatable bonds is 17. The van der Waals surface area contributed by atoms with Crippen LogP contribution in [0.25, 0.3) is 0 Å². The van der Waals surface area contributed by atoms with Crippen molar-refractivity contribution in [2.45, 2.75) is 64.2 Å². The molecule has 0 fully saturated rings. The second kappa shape index (κ2) is 21.1. The largest absolute Gasteiger partial charge is 0.395 e. The zero-order valence-corrected chi connectivity index (χ0v) is 15.9. The van der Waals surface area contributed by atoms with Crippen molar-refractivity contribution in [1.82, 2.24) is 5.32 Å². The number of unbranched alkanes of at least 4 members (excludes halogenated alkanes) is 4. The predicted octanol–water partition coefficient (Wildman–Crippen LogP) is 4.42. The summed E-state index contributed by atoms with van der Waals surface area (Å²) in [4.78, 5) is 21.5. The van der Waals surface area contributed by atoms with Crippen molar-refractivity contribution in [3.8, 4) is 0 Å². The van der Waals surface area contributed by atoms with Gasteiger partial charge in [0, 0.05) is 19.4 Å². The summed E-state index contributed by atoms with van der Waals surface area (Å²) < 4.78 is 0. The minimum Gasteiger partial charge on any atom is -0.395 e. The molecule has 0 aliphatic carbocycles. The summed E-state index contributed by atoms with van der Waals surface area (Å²) in [5.74, 6) is 0.00637. The van der Waals surface area contributed by atoms with Crippen LogP contribution in [0, 0.1) is 0 Å². The molecule has 26 heavy (non-hydrogen) atoms. The molecule has 0 saturated heterocycles. The molecular formula is C22H35NO3. The van der Waals surface area contributed by atoms with E-state index in [0.29, 0.717) is 19.4 Å². The number of aldehydes is 1. The second-order valence-corrected chi connectivity index (χ2v) is 6.01. The van der Waals surface area contributed by atoms with Gasteiger partial charge in [-0.2, -0.15) is 0 Å². The van der Waals surface area contributed by atoms with Crippen LogP contribution in [0.4, 0.5) is 0 Å². The Morgan fingerprint density at radius 1 is 0.731 bits per heavy atom. The van der Waals surface area contributed by atoms with E-state index in [1.807, 2.05) is 0 Å². The van der Waals surface area contributed by atoms with Gasteiger partial charge in [-0.05, 0) is 51.4 Å². The average Bonchev–Trinajstić information content (AvgIpc) is 2.65. The summed E-state index contributed by atoms with van der Waals surface area (Å²) in [5.41, 5.74) is 0. The second-order valence-electron chi connectivity index (χ2n) is 6.01. The van der Waals surface area contributed by atoms with E-state index < -0.39 is 0 Å². The summed E-state index contributed by atoms with van der Waals surface area (Å²) in [5, 5.41) is 11.2. The van der Waals surface area contributed by atoms with Crippen LogP contribution in [0.15, 0.2) is 48.6 Å². The lowest BCUT2D eigenvalue weighted by Crippen LogP contribution is -2.25. The maximum absolute atomic E-state index is 11.3. The van der Waals surface area contributed by atoms with Crippen molar-refractivity contribution in [3.05, 3.63) is 48.6 Å². The standard InChI is InChI=1S/C22H35NO3/c24-20-17-15-13-11-9-7-5-3-1-2-4-6-8-10-12-14-16-18-22(26)23-19-21-25/h1,3-4,6-7,9-10,12,20,25H,2,5,8,11,13-19,21H2,(H,23,26). The van der Waals surface area contributed by atoms with Crippen LogP contribution in [-0.4, -0.2) is 30.5 Å².